The molecule has 3 rings (SSSR count). The summed E-state index contributed by atoms with van der Waals surface area (Å²) in [5.74, 6) is -1.09. The number of nitrogens with zero attached hydrogens (tertiary/aromatic N) is 3. The molecule has 9 nitrogen and oxygen atoms in total. The van der Waals surface area contributed by atoms with E-state index in [9.17, 15) is 19.2 Å². The van der Waals surface area contributed by atoms with Crippen LogP contribution in [0.3, 0.4) is 0 Å². The van der Waals surface area contributed by atoms with Gasteiger partial charge in [0.2, 0.25) is 5.91 Å². The van der Waals surface area contributed by atoms with Crippen LogP contribution in [0.2, 0.25) is 0 Å². The molecule has 1 saturated heterocycles. The van der Waals surface area contributed by atoms with Gasteiger partial charge in [0.25, 0.3) is 0 Å². The predicted molar refractivity (Wildman–Crippen MR) is 93.1 cm³/mol. The zero-order valence-corrected chi connectivity index (χ0v) is 15.2. The number of urea groups is 1. The number of fused-ring (bicyclic) bond motifs is 1. The second-order valence-corrected chi connectivity index (χ2v) is 6.40. The van der Waals surface area contributed by atoms with Gasteiger partial charge in [-0.15, -0.1) is 0 Å². The van der Waals surface area contributed by atoms with Crippen LogP contribution in [0.1, 0.15) is 13.3 Å². The predicted octanol–water partition coefficient (Wildman–Crippen LogP) is 0.486. The number of benzene rings is 1. The van der Waals surface area contributed by atoms with Crippen LogP contribution in [0.25, 0.3) is 0 Å². The molecule has 1 atom stereocenters. The zero-order chi connectivity index (χ0) is 19.6. The van der Waals surface area contributed by atoms with Crippen molar-refractivity contribution >= 4 is 23.8 Å². The molecule has 144 valence electrons. The average Bonchev–Trinajstić information content (AvgIpc) is 2.86. The van der Waals surface area contributed by atoms with Crippen molar-refractivity contribution in [3.05, 3.63) is 24.3 Å². The van der Waals surface area contributed by atoms with E-state index < -0.39 is 30.3 Å². The van der Waals surface area contributed by atoms with E-state index in [0.717, 1.165) is 4.90 Å². The molecule has 9 heteroatoms. The van der Waals surface area contributed by atoms with Crippen LogP contribution in [0.4, 0.5) is 4.79 Å². The van der Waals surface area contributed by atoms with E-state index in [1.165, 1.54) is 4.90 Å². The number of para-hydroxylation sites is 2. The van der Waals surface area contributed by atoms with Gasteiger partial charge in [-0.05, 0) is 18.6 Å². The third-order valence-corrected chi connectivity index (χ3v) is 4.35. The Morgan fingerprint density at radius 3 is 2.52 bits per heavy atom. The Kier molecular flexibility index (Phi) is 5.29. The maximum atomic E-state index is 12.4. The Bertz CT molecular complexity index is 780. The minimum absolute atomic E-state index is 0.149. The summed E-state index contributed by atoms with van der Waals surface area (Å²) in [6.07, 6.45) is 0.157. The van der Waals surface area contributed by atoms with Crippen molar-refractivity contribution in [2.45, 2.75) is 19.4 Å². The second kappa shape index (κ2) is 7.65. The maximum absolute atomic E-state index is 12.4. The third-order valence-electron chi connectivity index (χ3n) is 4.35. The molecule has 1 aromatic carbocycles. The number of rotatable bonds is 6. The van der Waals surface area contributed by atoms with Crippen LogP contribution in [0.5, 0.6) is 11.5 Å². The highest BCUT2D eigenvalue weighted by molar-refractivity contribution is 6.45. The molecule has 2 heterocycles. The van der Waals surface area contributed by atoms with Gasteiger partial charge in [-0.2, -0.15) is 0 Å². The van der Waals surface area contributed by atoms with Crippen LogP contribution in [-0.2, 0) is 14.4 Å². The lowest BCUT2D eigenvalue weighted by Crippen LogP contribution is -2.46. The molecule has 0 spiro atoms. The summed E-state index contributed by atoms with van der Waals surface area (Å²) in [6, 6.07) is 6.48. The molecule has 0 aliphatic carbocycles. The number of carbonyl (C=O) groups excluding carboxylic acids is 4. The Balaban J connectivity index is 1.58. The van der Waals surface area contributed by atoms with Crippen LogP contribution in [0, 0.1) is 0 Å². The molecular formula is C18H21N3O6. The number of imide groups is 2. The lowest BCUT2D eigenvalue weighted by molar-refractivity contribution is -0.144. The van der Waals surface area contributed by atoms with Crippen LogP contribution >= 0.6 is 0 Å². The highest BCUT2D eigenvalue weighted by Gasteiger charge is 2.45. The summed E-state index contributed by atoms with van der Waals surface area (Å²) < 4.78 is 11.4. The fourth-order valence-corrected chi connectivity index (χ4v) is 2.93. The van der Waals surface area contributed by atoms with Crippen LogP contribution in [-0.4, -0.2) is 77.8 Å². The first-order valence-electron chi connectivity index (χ1n) is 8.72. The van der Waals surface area contributed by atoms with Gasteiger partial charge in [0.05, 0.1) is 6.54 Å². The summed E-state index contributed by atoms with van der Waals surface area (Å²) in [6.45, 7) is 1.95. The fourth-order valence-electron chi connectivity index (χ4n) is 2.93. The van der Waals surface area contributed by atoms with Gasteiger partial charge >= 0.3 is 17.8 Å². The Morgan fingerprint density at radius 2 is 1.81 bits per heavy atom. The lowest BCUT2D eigenvalue weighted by atomic mass is 10.2. The molecule has 0 saturated carbocycles. The first kappa shape index (κ1) is 18.7. The molecule has 5 amide bonds. The van der Waals surface area contributed by atoms with Crippen molar-refractivity contribution in [2.24, 2.45) is 0 Å². The van der Waals surface area contributed by atoms with Crippen molar-refractivity contribution in [1.29, 1.82) is 0 Å². The van der Waals surface area contributed by atoms with Crippen LogP contribution in [0.15, 0.2) is 24.3 Å². The summed E-state index contributed by atoms with van der Waals surface area (Å²) in [7, 11) is 1.54. The Labute approximate surface area is 156 Å². The zero-order valence-electron chi connectivity index (χ0n) is 15.2. The highest BCUT2D eigenvalue weighted by Crippen LogP contribution is 2.30. The molecule has 0 radical (unpaired) electrons. The summed E-state index contributed by atoms with van der Waals surface area (Å²) in [5.41, 5.74) is 0. The van der Waals surface area contributed by atoms with Crippen molar-refractivity contribution in [3.63, 3.8) is 0 Å². The maximum Gasteiger partial charge on any atom is 0.334 e. The van der Waals surface area contributed by atoms with Gasteiger partial charge in [-0.3, -0.25) is 19.3 Å². The van der Waals surface area contributed by atoms with E-state index in [1.807, 2.05) is 12.1 Å². The van der Waals surface area contributed by atoms with Crippen molar-refractivity contribution in [2.75, 3.05) is 33.3 Å². The molecule has 0 N–H and O–H groups in total. The molecule has 0 unspecified atom stereocenters. The smallest absolute Gasteiger partial charge is 0.334 e. The standard InChI is InChI=1S/C18H21N3O6/c1-3-8-20-16(23)17(24)21(18(20)25)10-15(22)19(2)9-12-11-26-13-6-4-5-7-14(13)27-12/h4-7,12H,3,8-11H2,1-2H3/t12-/m1/s1. The Morgan fingerprint density at radius 1 is 1.15 bits per heavy atom. The summed E-state index contributed by atoms with van der Waals surface area (Å²) in [5, 5.41) is 0. The minimum Gasteiger partial charge on any atom is -0.486 e. The number of carbonyl (C=O) groups is 4. The summed E-state index contributed by atoms with van der Waals surface area (Å²) in [4.78, 5) is 51.4. The van der Waals surface area contributed by atoms with E-state index in [-0.39, 0.29) is 25.8 Å². The van der Waals surface area contributed by atoms with Crippen molar-refractivity contribution < 1.29 is 28.7 Å². The fraction of sp³-hybridized carbons (Fsp3) is 0.444. The Hall–Kier alpha value is -3.10. The van der Waals surface area contributed by atoms with E-state index in [2.05, 4.69) is 0 Å². The topological polar surface area (TPSA) is 96.5 Å². The summed E-state index contributed by atoms with van der Waals surface area (Å²) >= 11 is 0. The molecule has 0 bridgehead atoms. The molecule has 0 aromatic heterocycles. The van der Waals surface area contributed by atoms with Gasteiger partial charge in [-0.1, -0.05) is 19.1 Å². The van der Waals surface area contributed by atoms with E-state index in [4.69, 9.17) is 9.47 Å². The number of amides is 5. The van der Waals surface area contributed by atoms with E-state index in [1.54, 1.807) is 26.1 Å². The number of ether oxygens (including phenoxy) is 2. The molecule has 2 aliphatic heterocycles. The minimum atomic E-state index is -0.971. The van der Waals surface area contributed by atoms with Gasteiger partial charge < -0.3 is 14.4 Å². The average molecular weight is 375 g/mol. The third kappa shape index (κ3) is 3.71. The molecule has 2 aliphatic rings. The van der Waals surface area contributed by atoms with E-state index in [0.29, 0.717) is 22.8 Å². The molecule has 27 heavy (non-hydrogen) atoms. The molecule has 1 fully saturated rings. The SMILES string of the molecule is CCCN1C(=O)C(=O)N(CC(=O)N(C)C[C@@H]2COc3ccccc3O2)C1=O. The first-order chi connectivity index (χ1) is 12.9. The molecular weight excluding hydrogens is 354 g/mol. The van der Waals surface area contributed by atoms with Crippen LogP contribution < -0.4 is 9.47 Å². The second-order valence-electron chi connectivity index (χ2n) is 6.40. The monoisotopic (exact) mass is 375 g/mol. The number of hydrogen-bond acceptors (Lipinski definition) is 6. The largest absolute Gasteiger partial charge is 0.486 e. The number of likely N-dealkylation sites (N-methyl/N-ethyl adjacent to an activating group) is 1. The lowest BCUT2D eigenvalue weighted by Gasteiger charge is -2.30. The van der Waals surface area contributed by atoms with Crippen molar-refractivity contribution in [3.8, 4) is 11.5 Å². The van der Waals surface area contributed by atoms with Crippen molar-refractivity contribution in [1.82, 2.24) is 14.7 Å². The molecule has 1 aromatic rings. The number of hydrogen-bond donors (Lipinski definition) is 0. The van der Waals surface area contributed by atoms with Gasteiger partial charge in [-0.25, -0.2) is 9.69 Å². The van der Waals surface area contributed by atoms with Gasteiger partial charge in [0.1, 0.15) is 13.2 Å². The van der Waals surface area contributed by atoms with Gasteiger partial charge in [0.15, 0.2) is 17.6 Å². The highest BCUT2D eigenvalue weighted by atomic mass is 16.6. The van der Waals surface area contributed by atoms with E-state index >= 15 is 0 Å². The van der Waals surface area contributed by atoms with Gasteiger partial charge in [0, 0.05) is 13.6 Å². The quantitative estimate of drug-likeness (QED) is 0.530. The first-order valence-corrected chi connectivity index (χ1v) is 8.72. The normalized spacial score (nSPS) is 18.9.